The fraction of sp³-hybridized carbons (Fsp3) is 0.700. The molecule has 2 fully saturated rings. The predicted molar refractivity (Wildman–Crippen MR) is 149 cm³/mol. The van der Waals surface area contributed by atoms with Gasteiger partial charge in [0.15, 0.2) is 0 Å². The molecular formula is C30H47N3O6. The molecule has 9 nitrogen and oxygen atoms in total. The largest absolute Gasteiger partial charge is 0.460 e. The van der Waals surface area contributed by atoms with E-state index in [9.17, 15) is 24.0 Å². The normalized spacial score (nSPS) is 23.4. The Morgan fingerprint density at radius 1 is 1.10 bits per heavy atom. The van der Waals surface area contributed by atoms with Gasteiger partial charge >= 0.3 is 5.97 Å². The molecule has 5 atom stereocenters. The molecule has 0 aromatic heterocycles. The van der Waals surface area contributed by atoms with Crippen LogP contribution >= 0.6 is 0 Å². The molecule has 1 saturated heterocycles. The first-order valence-electron chi connectivity index (χ1n) is 13.7. The molecule has 0 aromatic rings. The number of ether oxygens (including phenoxy) is 1. The molecule has 1 saturated carbocycles. The molecule has 2 rings (SSSR count). The summed E-state index contributed by atoms with van der Waals surface area (Å²) in [7, 11) is 0. The van der Waals surface area contributed by atoms with Gasteiger partial charge in [-0.3, -0.25) is 24.0 Å². The van der Waals surface area contributed by atoms with Gasteiger partial charge in [-0.2, -0.15) is 0 Å². The van der Waals surface area contributed by atoms with E-state index in [-0.39, 0.29) is 42.5 Å². The minimum Gasteiger partial charge on any atom is -0.460 e. The molecule has 39 heavy (non-hydrogen) atoms. The van der Waals surface area contributed by atoms with Gasteiger partial charge in [0.2, 0.25) is 17.6 Å². The van der Waals surface area contributed by atoms with E-state index in [1.807, 2.05) is 20.8 Å². The van der Waals surface area contributed by atoms with Crippen molar-refractivity contribution in [1.82, 2.24) is 15.5 Å². The fourth-order valence-corrected chi connectivity index (χ4v) is 5.50. The van der Waals surface area contributed by atoms with Crippen LogP contribution in [0, 0.1) is 28.6 Å². The molecule has 2 aliphatic rings. The quantitative estimate of drug-likeness (QED) is 0.234. The molecule has 1 aliphatic carbocycles. The van der Waals surface area contributed by atoms with Crippen LogP contribution in [0.15, 0.2) is 24.8 Å². The van der Waals surface area contributed by atoms with Crippen molar-refractivity contribution in [1.29, 1.82) is 0 Å². The van der Waals surface area contributed by atoms with Gasteiger partial charge < -0.3 is 20.3 Å². The second-order valence-corrected chi connectivity index (χ2v) is 13.3. The Morgan fingerprint density at radius 2 is 1.72 bits per heavy atom. The van der Waals surface area contributed by atoms with Gasteiger partial charge in [0.1, 0.15) is 17.7 Å². The number of likely N-dealkylation sites (tertiary alicyclic amines) is 1. The lowest BCUT2D eigenvalue weighted by Crippen LogP contribution is -2.56. The van der Waals surface area contributed by atoms with Gasteiger partial charge in [0, 0.05) is 13.1 Å². The van der Waals surface area contributed by atoms with Crippen LogP contribution in [0.1, 0.15) is 75.2 Å². The van der Waals surface area contributed by atoms with E-state index in [0.29, 0.717) is 6.54 Å². The van der Waals surface area contributed by atoms with Crippen LogP contribution in [0.25, 0.3) is 0 Å². The number of hydrogen-bond acceptors (Lipinski definition) is 6. The van der Waals surface area contributed by atoms with Gasteiger partial charge in [-0.1, -0.05) is 52.8 Å². The molecule has 2 N–H and O–H groups in total. The monoisotopic (exact) mass is 545 g/mol. The van der Waals surface area contributed by atoms with Gasteiger partial charge in [-0.05, 0) is 56.8 Å². The van der Waals surface area contributed by atoms with Crippen molar-refractivity contribution in [3.05, 3.63) is 24.8 Å². The zero-order valence-corrected chi connectivity index (χ0v) is 25.1. The Labute approximate surface area is 233 Å². The number of carbonyl (C=O) groups is 5. The van der Waals surface area contributed by atoms with Crippen LogP contribution in [0.2, 0.25) is 0 Å². The van der Waals surface area contributed by atoms with E-state index in [0.717, 1.165) is 0 Å². The number of allylic oxidation sites excluding steroid dienone is 1. The summed E-state index contributed by atoms with van der Waals surface area (Å²) < 4.78 is 5.50. The summed E-state index contributed by atoms with van der Waals surface area (Å²) in [4.78, 5) is 67.3. The number of Topliss-reactive ketones (excluding diaryl/α,β-unsaturated/α-hetero) is 1. The van der Waals surface area contributed by atoms with Gasteiger partial charge in [-0.25, -0.2) is 0 Å². The summed E-state index contributed by atoms with van der Waals surface area (Å²) in [6.07, 6.45) is 4.95. The fourth-order valence-electron chi connectivity index (χ4n) is 5.50. The second-order valence-electron chi connectivity index (χ2n) is 13.3. The summed E-state index contributed by atoms with van der Waals surface area (Å²) in [5, 5.41) is 5.23. The highest BCUT2D eigenvalue weighted by atomic mass is 16.6. The number of rotatable bonds is 11. The van der Waals surface area contributed by atoms with Crippen molar-refractivity contribution in [3.8, 4) is 0 Å². The molecule has 3 amide bonds. The number of fused-ring (bicyclic) bond motifs is 1. The number of carbonyl (C=O) groups excluding carboxylic acids is 5. The first-order valence-corrected chi connectivity index (χ1v) is 13.7. The Morgan fingerprint density at radius 3 is 2.23 bits per heavy atom. The third kappa shape index (κ3) is 7.79. The lowest BCUT2D eigenvalue weighted by Gasteiger charge is -2.37. The van der Waals surface area contributed by atoms with E-state index in [1.165, 1.54) is 6.08 Å². The minimum atomic E-state index is -1.07. The lowest BCUT2D eigenvalue weighted by molar-refractivity contribution is -0.161. The molecule has 1 heterocycles. The van der Waals surface area contributed by atoms with Crippen LogP contribution in [-0.4, -0.2) is 65.1 Å². The molecule has 0 aromatic carbocycles. The van der Waals surface area contributed by atoms with E-state index in [1.54, 1.807) is 44.7 Å². The van der Waals surface area contributed by atoms with E-state index < -0.39 is 52.6 Å². The van der Waals surface area contributed by atoms with Crippen molar-refractivity contribution >= 4 is 29.5 Å². The van der Waals surface area contributed by atoms with Crippen LogP contribution in [0.4, 0.5) is 0 Å². The first-order chi connectivity index (χ1) is 17.9. The maximum Gasteiger partial charge on any atom is 0.307 e. The zero-order chi connectivity index (χ0) is 29.9. The molecule has 1 unspecified atom stereocenters. The van der Waals surface area contributed by atoms with E-state index in [4.69, 9.17) is 4.74 Å². The summed E-state index contributed by atoms with van der Waals surface area (Å²) in [6.45, 7) is 21.0. The van der Waals surface area contributed by atoms with Gasteiger partial charge in [-0.15, -0.1) is 6.58 Å². The predicted octanol–water partition coefficient (Wildman–Crippen LogP) is 3.19. The smallest absolute Gasteiger partial charge is 0.307 e. The zero-order valence-electron chi connectivity index (χ0n) is 25.1. The van der Waals surface area contributed by atoms with E-state index >= 15 is 0 Å². The number of nitrogens with zero attached hydrogens (tertiary/aromatic N) is 1. The van der Waals surface area contributed by atoms with Crippen molar-refractivity contribution in [2.45, 2.75) is 92.8 Å². The average molecular weight is 546 g/mol. The number of nitrogens with one attached hydrogen (secondary N) is 2. The number of amides is 3. The Balaban J connectivity index is 2.33. The molecule has 0 spiro atoms. The number of hydrogen-bond donors (Lipinski definition) is 2. The third-order valence-electron chi connectivity index (χ3n) is 7.77. The Hall–Kier alpha value is -2.97. The Kier molecular flexibility index (Phi) is 9.96. The highest BCUT2D eigenvalue weighted by Crippen LogP contribution is 2.65. The topological polar surface area (TPSA) is 122 Å². The third-order valence-corrected chi connectivity index (χ3v) is 7.77. The van der Waals surface area contributed by atoms with Gasteiger partial charge in [0.05, 0.1) is 12.3 Å². The summed E-state index contributed by atoms with van der Waals surface area (Å²) in [6, 6.07) is -1.88. The van der Waals surface area contributed by atoms with Crippen molar-refractivity contribution in [2.24, 2.45) is 28.6 Å². The summed E-state index contributed by atoms with van der Waals surface area (Å²) in [5.41, 5.74) is -1.40. The molecule has 0 bridgehead atoms. The molecule has 0 radical (unpaired) electrons. The number of piperidine rings is 1. The average Bonchev–Trinajstić information content (AvgIpc) is 3.14. The number of ketones is 1. The summed E-state index contributed by atoms with van der Waals surface area (Å²) in [5.74, 6) is -3.45. The molecule has 218 valence electrons. The van der Waals surface area contributed by atoms with Crippen LogP contribution in [0.5, 0.6) is 0 Å². The molecule has 1 aliphatic heterocycles. The molecular weight excluding hydrogens is 498 g/mol. The summed E-state index contributed by atoms with van der Waals surface area (Å²) >= 11 is 0. The standard InChI is InChI=1S/C30H47N3O6/c1-11-13-14-20(24(35)26(37)31-15-12-2)32-25(36)23-22-19(30(22,9)10)17-33(23)27(38)18(28(3,4)5)16-21(34)39-29(6,7)8/h11-13,18-20,22-23H,2,14-17H2,1,3-10H3,(H,31,37)(H,32,36)/b13-11+/t18-,19-,20?,22-,23+/m1/s1. The van der Waals surface area contributed by atoms with E-state index in [2.05, 4.69) is 31.1 Å². The SMILES string of the molecule is C=CCNC(=O)C(=O)C(C/C=C/C)NC(=O)[C@@H]1[C@H]2[C@@H](CN1C(=O)[C@@H](CC(=O)OC(C)(C)C)C(C)(C)C)C2(C)C. The minimum absolute atomic E-state index is 0.0874. The second kappa shape index (κ2) is 12.0. The number of esters is 1. The van der Waals surface area contributed by atoms with Crippen LogP contribution < -0.4 is 10.6 Å². The molecule has 9 heteroatoms. The lowest BCUT2D eigenvalue weighted by atomic mass is 9.77. The van der Waals surface area contributed by atoms with Gasteiger partial charge in [0.25, 0.3) is 5.91 Å². The van der Waals surface area contributed by atoms with Crippen LogP contribution in [0.3, 0.4) is 0 Å². The van der Waals surface area contributed by atoms with Crippen molar-refractivity contribution in [3.63, 3.8) is 0 Å². The highest BCUT2D eigenvalue weighted by Gasteiger charge is 2.69. The maximum atomic E-state index is 14.0. The first kappa shape index (κ1) is 32.2. The van der Waals surface area contributed by atoms with Crippen LogP contribution in [-0.2, 0) is 28.7 Å². The maximum absolute atomic E-state index is 14.0. The Bertz CT molecular complexity index is 1020. The van der Waals surface area contributed by atoms with Crippen molar-refractivity contribution in [2.75, 3.05) is 13.1 Å². The highest BCUT2D eigenvalue weighted by molar-refractivity contribution is 6.38. The van der Waals surface area contributed by atoms with Crippen molar-refractivity contribution < 1.29 is 28.7 Å².